The Labute approximate surface area is 135 Å². The number of fused-ring (bicyclic) bond motifs is 1. The normalized spacial score (nSPS) is 19.5. The number of nitrogens with one attached hydrogen (secondary N) is 1. The van der Waals surface area contributed by atoms with Gasteiger partial charge in [0.1, 0.15) is 0 Å². The minimum atomic E-state index is 0.0997. The summed E-state index contributed by atoms with van der Waals surface area (Å²) < 4.78 is 0. The van der Waals surface area contributed by atoms with E-state index in [0.29, 0.717) is 12.5 Å². The fourth-order valence-corrected chi connectivity index (χ4v) is 3.22. The standard InChI is InChI=1S/C20H18N2O/c23-20(22-13-14-8-10-21-11-9-14)19-12-18(19)17-7-3-5-15-4-1-2-6-16(15)17/h1-11,18-19H,12-13H2,(H,22,23)/t18-,19-/m1/s1. The van der Waals surface area contributed by atoms with Crippen molar-refractivity contribution in [3.8, 4) is 0 Å². The van der Waals surface area contributed by atoms with Gasteiger partial charge in [0.05, 0.1) is 0 Å². The number of carbonyl (C=O) groups is 1. The first-order chi connectivity index (χ1) is 11.3. The number of nitrogens with zero attached hydrogens (tertiary/aromatic N) is 1. The predicted molar refractivity (Wildman–Crippen MR) is 90.9 cm³/mol. The summed E-state index contributed by atoms with van der Waals surface area (Å²) in [5.41, 5.74) is 2.38. The van der Waals surface area contributed by atoms with Gasteiger partial charge >= 0.3 is 0 Å². The first kappa shape index (κ1) is 13.9. The van der Waals surface area contributed by atoms with Gasteiger partial charge in [0.25, 0.3) is 0 Å². The van der Waals surface area contributed by atoms with Gasteiger partial charge in [-0.25, -0.2) is 0 Å². The third-order valence-corrected chi connectivity index (χ3v) is 4.57. The molecule has 0 spiro atoms. The van der Waals surface area contributed by atoms with Gasteiger partial charge in [-0.15, -0.1) is 0 Å². The Morgan fingerprint density at radius 1 is 1.04 bits per heavy atom. The Bertz CT molecular complexity index is 839. The van der Waals surface area contributed by atoms with Crippen molar-refractivity contribution >= 4 is 16.7 Å². The van der Waals surface area contributed by atoms with Crippen molar-refractivity contribution in [2.45, 2.75) is 18.9 Å². The second-order valence-corrected chi connectivity index (χ2v) is 6.09. The van der Waals surface area contributed by atoms with Crippen LogP contribution in [0.4, 0.5) is 0 Å². The molecule has 1 aromatic heterocycles. The fraction of sp³-hybridized carbons (Fsp3) is 0.200. The minimum absolute atomic E-state index is 0.0997. The molecule has 3 nitrogen and oxygen atoms in total. The first-order valence-corrected chi connectivity index (χ1v) is 7.97. The van der Waals surface area contributed by atoms with Crippen molar-refractivity contribution in [1.29, 1.82) is 0 Å². The monoisotopic (exact) mass is 302 g/mol. The lowest BCUT2D eigenvalue weighted by molar-refractivity contribution is -0.122. The summed E-state index contributed by atoms with van der Waals surface area (Å²) in [6.45, 7) is 0.570. The summed E-state index contributed by atoms with van der Waals surface area (Å²) in [5, 5.41) is 5.55. The summed E-state index contributed by atoms with van der Waals surface area (Å²) in [5.74, 6) is 0.598. The molecule has 1 heterocycles. The SMILES string of the molecule is O=C(NCc1ccncc1)[C@@H]1C[C@@H]1c1cccc2ccccc12. The quantitative estimate of drug-likeness (QED) is 0.799. The highest BCUT2D eigenvalue weighted by Crippen LogP contribution is 2.49. The zero-order chi connectivity index (χ0) is 15.6. The van der Waals surface area contributed by atoms with Crippen molar-refractivity contribution in [1.82, 2.24) is 10.3 Å². The molecule has 1 amide bonds. The number of pyridine rings is 1. The minimum Gasteiger partial charge on any atom is -0.352 e. The molecule has 0 radical (unpaired) electrons. The van der Waals surface area contributed by atoms with Gasteiger partial charge in [0, 0.05) is 24.9 Å². The zero-order valence-corrected chi connectivity index (χ0v) is 12.8. The number of aromatic nitrogens is 1. The maximum atomic E-state index is 12.4. The molecule has 23 heavy (non-hydrogen) atoms. The molecule has 1 saturated carbocycles. The van der Waals surface area contributed by atoms with Gasteiger partial charge in [-0.05, 0) is 46.4 Å². The van der Waals surface area contributed by atoms with Crippen LogP contribution in [0, 0.1) is 5.92 Å². The summed E-state index contributed by atoms with van der Waals surface area (Å²) in [6.07, 6.45) is 4.44. The highest BCUT2D eigenvalue weighted by atomic mass is 16.2. The lowest BCUT2D eigenvalue weighted by Gasteiger charge is -2.07. The van der Waals surface area contributed by atoms with E-state index in [4.69, 9.17) is 0 Å². The van der Waals surface area contributed by atoms with Crippen molar-refractivity contribution in [3.63, 3.8) is 0 Å². The largest absolute Gasteiger partial charge is 0.352 e. The van der Waals surface area contributed by atoms with Crippen LogP contribution in [0.25, 0.3) is 10.8 Å². The molecule has 2 atom stereocenters. The van der Waals surface area contributed by atoms with Crippen molar-refractivity contribution < 1.29 is 4.79 Å². The van der Waals surface area contributed by atoms with E-state index < -0.39 is 0 Å². The molecule has 0 aliphatic heterocycles. The molecule has 1 N–H and O–H groups in total. The molecule has 114 valence electrons. The molecule has 1 fully saturated rings. The molecule has 2 aromatic carbocycles. The van der Waals surface area contributed by atoms with E-state index in [2.05, 4.69) is 52.8 Å². The zero-order valence-electron chi connectivity index (χ0n) is 12.8. The molecular formula is C20H18N2O. The molecule has 0 bridgehead atoms. The first-order valence-electron chi connectivity index (χ1n) is 7.97. The number of amides is 1. The van der Waals surface area contributed by atoms with Crippen LogP contribution in [0.1, 0.15) is 23.5 Å². The average molecular weight is 302 g/mol. The highest BCUT2D eigenvalue weighted by Gasteiger charge is 2.44. The highest BCUT2D eigenvalue weighted by molar-refractivity contribution is 5.89. The third-order valence-electron chi connectivity index (χ3n) is 4.57. The van der Waals surface area contributed by atoms with Gasteiger partial charge in [0.15, 0.2) is 0 Å². The van der Waals surface area contributed by atoms with Crippen LogP contribution in [0.2, 0.25) is 0 Å². The molecular weight excluding hydrogens is 284 g/mol. The maximum absolute atomic E-state index is 12.4. The number of hydrogen-bond acceptors (Lipinski definition) is 2. The van der Waals surface area contributed by atoms with Gasteiger partial charge < -0.3 is 5.32 Å². The summed E-state index contributed by atoms with van der Waals surface area (Å²) >= 11 is 0. The van der Waals surface area contributed by atoms with Gasteiger partial charge in [0.2, 0.25) is 5.91 Å². The molecule has 1 aliphatic rings. The van der Waals surface area contributed by atoms with E-state index >= 15 is 0 Å². The van der Waals surface area contributed by atoms with E-state index in [1.54, 1.807) is 12.4 Å². The molecule has 1 aliphatic carbocycles. The summed E-state index contributed by atoms with van der Waals surface area (Å²) in [6, 6.07) is 18.6. The number of carbonyl (C=O) groups excluding carboxylic acids is 1. The molecule has 3 heteroatoms. The Hall–Kier alpha value is -2.68. The van der Waals surface area contributed by atoms with E-state index in [9.17, 15) is 4.79 Å². The maximum Gasteiger partial charge on any atom is 0.224 e. The molecule has 0 unspecified atom stereocenters. The van der Waals surface area contributed by atoms with Crippen molar-refractivity contribution in [3.05, 3.63) is 78.1 Å². The van der Waals surface area contributed by atoms with Gasteiger partial charge in [-0.3, -0.25) is 9.78 Å². The Kier molecular flexibility index (Phi) is 3.54. The van der Waals surface area contributed by atoms with Gasteiger partial charge in [-0.1, -0.05) is 42.5 Å². The van der Waals surface area contributed by atoms with E-state index in [-0.39, 0.29) is 11.8 Å². The Morgan fingerprint density at radius 2 is 1.83 bits per heavy atom. The third kappa shape index (κ3) is 2.82. The Balaban J connectivity index is 1.46. The van der Waals surface area contributed by atoms with Crippen LogP contribution in [-0.2, 0) is 11.3 Å². The fourth-order valence-electron chi connectivity index (χ4n) is 3.22. The molecule has 0 saturated heterocycles. The lowest BCUT2D eigenvalue weighted by atomic mass is 10.00. The molecule has 4 rings (SSSR count). The van der Waals surface area contributed by atoms with Crippen LogP contribution in [0.15, 0.2) is 67.0 Å². The van der Waals surface area contributed by atoms with Gasteiger partial charge in [-0.2, -0.15) is 0 Å². The van der Waals surface area contributed by atoms with Crippen LogP contribution >= 0.6 is 0 Å². The van der Waals surface area contributed by atoms with E-state index in [1.165, 1.54) is 16.3 Å². The van der Waals surface area contributed by atoms with Crippen LogP contribution in [0.3, 0.4) is 0 Å². The van der Waals surface area contributed by atoms with Crippen molar-refractivity contribution in [2.24, 2.45) is 5.92 Å². The topological polar surface area (TPSA) is 42.0 Å². The van der Waals surface area contributed by atoms with Crippen LogP contribution in [-0.4, -0.2) is 10.9 Å². The van der Waals surface area contributed by atoms with Crippen LogP contribution in [0.5, 0.6) is 0 Å². The summed E-state index contributed by atoms with van der Waals surface area (Å²) in [4.78, 5) is 16.4. The second-order valence-electron chi connectivity index (χ2n) is 6.09. The van der Waals surface area contributed by atoms with Crippen LogP contribution < -0.4 is 5.32 Å². The van der Waals surface area contributed by atoms with E-state index in [1.807, 2.05) is 12.1 Å². The summed E-state index contributed by atoms with van der Waals surface area (Å²) in [7, 11) is 0. The average Bonchev–Trinajstić information content (AvgIpc) is 3.41. The van der Waals surface area contributed by atoms with E-state index in [0.717, 1.165) is 12.0 Å². The number of hydrogen-bond donors (Lipinski definition) is 1. The second kappa shape index (κ2) is 5.84. The molecule has 3 aromatic rings. The number of rotatable bonds is 4. The number of benzene rings is 2. The predicted octanol–water partition coefficient (Wildman–Crippen LogP) is 3.65. The lowest BCUT2D eigenvalue weighted by Crippen LogP contribution is -2.24. The Morgan fingerprint density at radius 3 is 2.70 bits per heavy atom. The smallest absolute Gasteiger partial charge is 0.224 e. The van der Waals surface area contributed by atoms with Crippen molar-refractivity contribution in [2.75, 3.05) is 0 Å².